The first-order valence-corrected chi connectivity index (χ1v) is 11.2. The summed E-state index contributed by atoms with van der Waals surface area (Å²) >= 11 is 6.56. The molecular weight excluding hydrogens is 412 g/mol. The van der Waals surface area contributed by atoms with Gasteiger partial charge in [-0.3, -0.25) is 9.78 Å². The maximum Gasteiger partial charge on any atom is 0.255 e. The van der Waals surface area contributed by atoms with Crippen LogP contribution in [0.1, 0.15) is 64.3 Å². The van der Waals surface area contributed by atoms with Crippen molar-refractivity contribution in [2.45, 2.75) is 57.4 Å². The van der Waals surface area contributed by atoms with Crippen LogP contribution in [0.5, 0.6) is 0 Å². The van der Waals surface area contributed by atoms with Crippen LogP contribution in [0.3, 0.4) is 0 Å². The van der Waals surface area contributed by atoms with E-state index >= 15 is 0 Å². The van der Waals surface area contributed by atoms with E-state index in [9.17, 15) is 4.79 Å². The first-order valence-electron chi connectivity index (χ1n) is 10.8. The standard InChI is InChI=1S/C24H23ClN4O2/c25-21-8-22-17(19-11-31-12-20(19)23(26)28-22)7-18(21)24(30)29(16-5-6-16)10-15-4-3-14(9-27-15)13-1-2-13/h3-4,7-9,13,16H,1-2,5-6,10-12H2,(H2,26,28). The van der Waals surface area contributed by atoms with E-state index in [1.54, 1.807) is 6.07 Å². The molecule has 1 aliphatic heterocycles. The van der Waals surface area contributed by atoms with Crippen LogP contribution in [0.25, 0.3) is 10.9 Å². The van der Waals surface area contributed by atoms with Crippen molar-refractivity contribution in [2.75, 3.05) is 5.73 Å². The number of carbonyl (C=O) groups excluding carboxylic acids is 1. The lowest BCUT2D eigenvalue weighted by atomic mass is 10.0. The van der Waals surface area contributed by atoms with E-state index in [0.29, 0.717) is 47.6 Å². The number of rotatable bonds is 5. The molecule has 3 aromatic rings. The maximum absolute atomic E-state index is 13.6. The highest BCUT2D eigenvalue weighted by atomic mass is 35.5. The predicted molar refractivity (Wildman–Crippen MR) is 119 cm³/mol. The van der Waals surface area contributed by atoms with Gasteiger partial charge in [0.25, 0.3) is 5.91 Å². The van der Waals surface area contributed by atoms with Gasteiger partial charge < -0.3 is 15.4 Å². The lowest BCUT2D eigenvalue weighted by molar-refractivity contribution is 0.0728. The first-order chi connectivity index (χ1) is 15.1. The number of fused-ring (bicyclic) bond motifs is 3. The fourth-order valence-electron chi connectivity index (χ4n) is 4.43. The number of nitrogens with two attached hydrogens (primary N) is 1. The number of carbonyl (C=O) groups is 1. The minimum atomic E-state index is -0.0630. The smallest absolute Gasteiger partial charge is 0.255 e. The molecule has 6 nitrogen and oxygen atoms in total. The first kappa shape index (κ1) is 19.0. The van der Waals surface area contributed by atoms with Gasteiger partial charge in [0.2, 0.25) is 0 Å². The van der Waals surface area contributed by atoms with Gasteiger partial charge in [0.15, 0.2) is 0 Å². The van der Waals surface area contributed by atoms with E-state index in [-0.39, 0.29) is 11.9 Å². The SMILES string of the molecule is Nc1nc2cc(Cl)c(C(=O)N(Cc3ccc(C4CC4)cn3)C3CC3)cc2c2c1COC2. The zero-order chi connectivity index (χ0) is 21.1. The fraction of sp³-hybridized carbons (Fsp3) is 0.375. The van der Waals surface area contributed by atoms with Gasteiger partial charge in [-0.2, -0.15) is 0 Å². The molecule has 158 valence electrons. The molecule has 0 atom stereocenters. The van der Waals surface area contributed by atoms with Crippen molar-refractivity contribution in [1.82, 2.24) is 14.9 Å². The van der Waals surface area contributed by atoms with Crippen molar-refractivity contribution in [3.8, 4) is 0 Å². The minimum Gasteiger partial charge on any atom is -0.383 e. The highest BCUT2D eigenvalue weighted by molar-refractivity contribution is 6.34. The number of nitrogens with zero attached hydrogens (tertiary/aromatic N) is 3. The Morgan fingerprint density at radius 2 is 1.97 bits per heavy atom. The lowest BCUT2D eigenvalue weighted by Gasteiger charge is -2.23. The molecule has 3 aliphatic rings. The maximum atomic E-state index is 13.6. The van der Waals surface area contributed by atoms with Gasteiger partial charge in [0.1, 0.15) is 5.82 Å². The van der Waals surface area contributed by atoms with Crippen LogP contribution in [-0.2, 0) is 24.5 Å². The van der Waals surface area contributed by atoms with Crippen LogP contribution in [0, 0.1) is 0 Å². The predicted octanol–water partition coefficient (Wildman–Crippen LogP) is 4.58. The van der Waals surface area contributed by atoms with Gasteiger partial charge in [-0.15, -0.1) is 0 Å². The summed E-state index contributed by atoms with van der Waals surface area (Å²) in [5.41, 5.74) is 11.4. The van der Waals surface area contributed by atoms with Crippen LogP contribution in [0.2, 0.25) is 5.02 Å². The lowest BCUT2D eigenvalue weighted by Crippen LogP contribution is -2.33. The number of hydrogen-bond donors (Lipinski definition) is 1. The second-order valence-corrected chi connectivity index (χ2v) is 9.22. The molecule has 31 heavy (non-hydrogen) atoms. The molecule has 0 spiro atoms. The number of nitrogen functional groups attached to an aromatic ring is 1. The molecule has 2 fully saturated rings. The summed E-state index contributed by atoms with van der Waals surface area (Å²) in [5, 5.41) is 1.28. The third-order valence-electron chi connectivity index (χ3n) is 6.53. The van der Waals surface area contributed by atoms with E-state index in [1.807, 2.05) is 17.2 Å². The molecule has 0 radical (unpaired) electrons. The third kappa shape index (κ3) is 3.44. The van der Waals surface area contributed by atoms with E-state index in [0.717, 1.165) is 35.0 Å². The topological polar surface area (TPSA) is 81.3 Å². The van der Waals surface area contributed by atoms with Crippen molar-refractivity contribution >= 4 is 34.2 Å². The van der Waals surface area contributed by atoms with Gasteiger partial charge in [0.05, 0.1) is 41.6 Å². The second kappa shape index (κ2) is 7.18. The summed E-state index contributed by atoms with van der Waals surface area (Å²) in [7, 11) is 0. The molecule has 0 bridgehead atoms. The number of ether oxygens (including phenoxy) is 1. The van der Waals surface area contributed by atoms with E-state index < -0.39 is 0 Å². The normalized spacial score (nSPS) is 17.7. The van der Waals surface area contributed by atoms with Gasteiger partial charge in [-0.1, -0.05) is 17.7 Å². The Bertz CT molecular complexity index is 1200. The number of benzene rings is 1. The van der Waals surface area contributed by atoms with Crippen molar-refractivity contribution in [2.24, 2.45) is 0 Å². The van der Waals surface area contributed by atoms with Crippen LogP contribution < -0.4 is 5.73 Å². The summed E-state index contributed by atoms with van der Waals surface area (Å²) in [4.78, 5) is 24.6. The fourth-order valence-corrected chi connectivity index (χ4v) is 4.66. The summed E-state index contributed by atoms with van der Waals surface area (Å²) in [6.45, 7) is 1.41. The van der Waals surface area contributed by atoms with Gasteiger partial charge in [0, 0.05) is 23.2 Å². The molecule has 2 N–H and O–H groups in total. The van der Waals surface area contributed by atoms with Crippen molar-refractivity contribution < 1.29 is 9.53 Å². The van der Waals surface area contributed by atoms with Crippen molar-refractivity contribution in [3.05, 3.63) is 63.4 Å². The highest BCUT2D eigenvalue weighted by Gasteiger charge is 2.35. The number of anilines is 1. The van der Waals surface area contributed by atoms with Gasteiger partial charge >= 0.3 is 0 Å². The van der Waals surface area contributed by atoms with Crippen LogP contribution in [0.4, 0.5) is 5.82 Å². The second-order valence-electron chi connectivity index (χ2n) is 8.82. The van der Waals surface area contributed by atoms with E-state index in [1.165, 1.54) is 18.4 Å². The zero-order valence-corrected chi connectivity index (χ0v) is 17.9. The number of amides is 1. The molecule has 6 rings (SSSR count). The Kier molecular flexibility index (Phi) is 4.40. The Balaban J connectivity index is 1.34. The summed E-state index contributed by atoms with van der Waals surface area (Å²) < 4.78 is 5.58. The molecule has 0 saturated heterocycles. The number of aromatic nitrogens is 2. The zero-order valence-electron chi connectivity index (χ0n) is 17.1. The molecular formula is C24H23ClN4O2. The van der Waals surface area contributed by atoms with Crippen LogP contribution in [-0.4, -0.2) is 26.8 Å². The van der Waals surface area contributed by atoms with Gasteiger partial charge in [-0.25, -0.2) is 4.98 Å². The summed E-state index contributed by atoms with van der Waals surface area (Å²) in [5.74, 6) is 1.08. The molecule has 0 unspecified atom stereocenters. The average molecular weight is 435 g/mol. The highest BCUT2D eigenvalue weighted by Crippen LogP contribution is 2.40. The molecule has 2 aliphatic carbocycles. The van der Waals surface area contributed by atoms with Gasteiger partial charge in [-0.05, 0) is 60.9 Å². The van der Waals surface area contributed by atoms with Crippen molar-refractivity contribution in [3.63, 3.8) is 0 Å². The van der Waals surface area contributed by atoms with Crippen LogP contribution >= 0.6 is 11.6 Å². The number of halogens is 1. The Morgan fingerprint density at radius 1 is 1.16 bits per heavy atom. The summed E-state index contributed by atoms with van der Waals surface area (Å²) in [6.07, 6.45) is 6.49. The van der Waals surface area contributed by atoms with E-state index in [4.69, 9.17) is 22.1 Å². The molecule has 3 heterocycles. The van der Waals surface area contributed by atoms with E-state index in [2.05, 4.69) is 22.1 Å². The van der Waals surface area contributed by atoms with Crippen LogP contribution in [0.15, 0.2) is 30.5 Å². The Morgan fingerprint density at radius 3 is 2.68 bits per heavy atom. The minimum absolute atomic E-state index is 0.0630. The molecule has 2 saturated carbocycles. The average Bonchev–Trinajstić information content (AvgIpc) is 3.70. The molecule has 2 aromatic heterocycles. The summed E-state index contributed by atoms with van der Waals surface area (Å²) in [6, 6.07) is 8.04. The largest absolute Gasteiger partial charge is 0.383 e. The number of hydrogen-bond acceptors (Lipinski definition) is 5. The molecule has 1 aromatic carbocycles. The Labute approximate surface area is 185 Å². The Hall–Kier alpha value is -2.70. The third-order valence-corrected chi connectivity index (χ3v) is 6.84. The number of pyridine rings is 2. The van der Waals surface area contributed by atoms with Crippen molar-refractivity contribution in [1.29, 1.82) is 0 Å². The quantitative estimate of drug-likeness (QED) is 0.635. The monoisotopic (exact) mass is 434 g/mol. The molecule has 1 amide bonds. The molecule has 7 heteroatoms.